The molecule has 2 heterocycles. The van der Waals surface area contributed by atoms with Crippen molar-refractivity contribution in [2.24, 2.45) is 10.8 Å². The SMILES string of the molecule is Cc1ncsc1-c1ccc(CNC(=O)[C@@H]2C[CH]CN2C(=O)[C@@H](NC(=O)C2(C)CC2)C(C)(C)C)cc1. The van der Waals surface area contributed by atoms with Gasteiger partial charge in [0.15, 0.2) is 0 Å². The van der Waals surface area contributed by atoms with Crippen molar-refractivity contribution in [3.8, 4) is 10.4 Å². The molecule has 1 saturated carbocycles. The number of rotatable bonds is 7. The number of carbonyl (C=O) groups is 3. The number of nitrogens with zero attached hydrogens (tertiary/aromatic N) is 2. The standard InChI is InChI=1S/C27H35N4O3S/c1-17-21(35-16-29-17)19-10-8-18(9-11-19)15-28-23(32)20-7-6-14-31(20)24(33)22(26(2,3)4)30-25(34)27(5)12-13-27/h6,8-11,16,20,22H,7,12-15H2,1-5H3,(H,28,32)(H,30,34)/t20-,22+/m0/s1. The second-order valence-corrected chi connectivity index (χ2v) is 11.9. The maximum absolute atomic E-state index is 13.5. The molecule has 1 aliphatic carbocycles. The summed E-state index contributed by atoms with van der Waals surface area (Å²) in [6.45, 7) is 10.5. The smallest absolute Gasteiger partial charge is 0.246 e. The van der Waals surface area contributed by atoms with Gasteiger partial charge in [0.1, 0.15) is 12.1 Å². The van der Waals surface area contributed by atoms with Gasteiger partial charge >= 0.3 is 0 Å². The van der Waals surface area contributed by atoms with E-state index in [1.165, 1.54) is 0 Å². The van der Waals surface area contributed by atoms with Crippen LogP contribution in [0.5, 0.6) is 0 Å². The van der Waals surface area contributed by atoms with E-state index in [0.29, 0.717) is 19.5 Å². The van der Waals surface area contributed by atoms with E-state index >= 15 is 0 Å². The summed E-state index contributed by atoms with van der Waals surface area (Å²) >= 11 is 1.61. The van der Waals surface area contributed by atoms with Crippen LogP contribution in [0.25, 0.3) is 10.4 Å². The van der Waals surface area contributed by atoms with Crippen molar-refractivity contribution in [2.45, 2.75) is 72.5 Å². The molecular weight excluding hydrogens is 460 g/mol. The zero-order chi connectivity index (χ0) is 25.4. The Hall–Kier alpha value is -2.74. The Bertz CT molecular complexity index is 1100. The molecule has 3 amide bonds. The van der Waals surface area contributed by atoms with Crippen molar-refractivity contribution in [3.05, 3.63) is 47.5 Å². The summed E-state index contributed by atoms with van der Waals surface area (Å²) in [5.41, 5.74) is 4.10. The minimum absolute atomic E-state index is 0.0769. The van der Waals surface area contributed by atoms with E-state index in [4.69, 9.17) is 0 Å². The lowest BCUT2D eigenvalue weighted by Crippen LogP contribution is -2.58. The van der Waals surface area contributed by atoms with E-state index in [2.05, 4.69) is 15.6 Å². The van der Waals surface area contributed by atoms with Gasteiger partial charge in [-0.05, 0) is 49.1 Å². The van der Waals surface area contributed by atoms with Gasteiger partial charge in [-0.1, -0.05) is 52.0 Å². The molecule has 1 aliphatic heterocycles. The summed E-state index contributed by atoms with van der Waals surface area (Å²) in [4.78, 5) is 46.4. The van der Waals surface area contributed by atoms with E-state index in [1.54, 1.807) is 16.2 Å². The van der Waals surface area contributed by atoms with E-state index < -0.39 is 17.5 Å². The Morgan fingerprint density at radius 1 is 1.20 bits per heavy atom. The highest BCUT2D eigenvalue weighted by atomic mass is 32.1. The van der Waals surface area contributed by atoms with Crippen LogP contribution in [0.2, 0.25) is 0 Å². The van der Waals surface area contributed by atoms with Gasteiger partial charge in [-0.2, -0.15) is 0 Å². The summed E-state index contributed by atoms with van der Waals surface area (Å²) < 4.78 is 0. The Morgan fingerprint density at radius 3 is 2.46 bits per heavy atom. The molecule has 4 rings (SSSR count). The summed E-state index contributed by atoms with van der Waals surface area (Å²) in [6, 6.07) is 6.83. The van der Waals surface area contributed by atoms with E-state index in [0.717, 1.165) is 34.5 Å². The van der Waals surface area contributed by atoms with Crippen molar-refractivity contribution in [1.82, 2.24) is 20.5 Å². The molecule has 2 aliphatic rings. The number of aromatic nitrogens is 1. The summed E-state index contributed by atoms with van der Waals surface area (Å²) in [5, 5.41) is 5.99. The van der Waals surface area contributed by atoms with E-state index in [-0.39, 0.29) is 23.1 Å². The monoisotopic (exact) mass is 495 g/mol. The van der Waals surface area contributed by atoms with Crippen LogP contribution in [0.4, 0.5) is 0 Å². The quantitative estimate of drug-likeness (QED) is 0.610. The molecule has 1 aromatic carbocycles. The summed E-state index contributed by atoms with van der Waals surface area (Å²) in [7, 11) is 0. The molecule has 7 nitrogen and oxygen atoms in total. The van der Waals surface area contributed by atoms with Crippen molar-refractivity contribution in [2.75, 3.05) is 6.54 Å². The normalized spacial score (nSPS) is 19.8. The number of hydrogen-bond donors (Lipinski definition) is 2. The van der Waals surface area contributed by atoms with Crippen LogP contribution >= 0.6 is 11.3 Å². The Morgan fingerprint density at radius 2 is 1.89 bits per heavy atom. The fourth-order valence-electron chi connectivity index (χ4n) is 4.31. The van der Waals surface area contributed by atoms with Crippen LogP contribution in [0.3, 0.4) is 0 Å². The topological polar surface area (TPSA) is 91.4 Å². The molecule has 1 saturated heterocycles. The summed E-state index contributed by atoms with van der Waals surface area (Å²) in [6.07, 6.45) is 4.15. The zero-order valence-corrected chi connectivity index (χ0v) is 22.0. The van der Waals surface area contributed by atoms with Crippen LogP contribution in [0.15, 0.2) is 29.8 Å². The first-order valence-corrected chi connectivity index (χ1v) is 13.1. The summed E-state index contributed by atoms with van der Waals surface area (Å²) in [5.74, 6) is -0.456. The molecule has 2 fully saturated rings. The third-order valence-electron chi connectivity index (χ3n) is 7.04. The number of hydrogen-bond acceptors (Lipinski definition) is 5. The predicted octanol–water partition coefficient (Wildman–Crippen LogP) is 3.87. The number of aryl methyl sites for hydroxylation is 1. The first-order chi connectivity index (χ1) is 16.5. The highest BCUT2D eigenvalue weighted by molar-refractivity contribution is 7.13. The molecule has 2 N–H and O–H groups in total. The maximum Gasteiger partial charge on any atom is 0.246 e. The number of nitrogens with one attached hydrogen (secondary N) is 2. The molecule has 0 bridgehead atoms. The van der Waals surface area contributed by atoms with Gasteiger partial charge < -0.3 is 15.5 Å². The fraction of sp³-hybridized carbons (Fsp3) is 0.519. The van der Waals surface area contributed by atoms with Gasteiger partial charge in [0.05, 0.1) is 16.1 Å². The molecule has 2 atom stereocenters. The average molecular weight is 496 g/mol. The van der Waals surface area contributed by atoms with Gasteiger partial charge in [-0.15, -0.1) is 11.3 Å². The average Bonchev–Trinajstić information content (AvgIpc) is 3.20. The van der Waals surface area contributed by atoms with Crippen molar-refractivity contribution in [3.63, 3.8) is 0 Å². The number of amides is 3. The first kappa shape index (κ1) is 25.4. The maximum atomic E-state index is 13.5. The lowest BCUT2D eigenvalue weighted by atomic mass is 9.85. The molecule has 1 aromatic heterocycles. The molecule has 35 heavy (non-hydrogen) atoms. The molecule has 0 unspecified atom stereocenters. The minimum Gasteiger partial charge on any atom is -0.350 e. The predicted molar refractivity (Wildman–Crippen MR) is 137 cm³/mol. The lowest BCUT2D eigenvalue weighted by molar-refractivity contribution is -0.144. The third-order valence-corrected chi connectivity index (χ3v) is 8.02. The molecule has 187 valence electrons. The number of likely N-dealkylation sites (tertiary alicyclic amines) is 1. The largest absolute Gasteiger partial charge is 0.350 e. The van der Waals surface area contributed by atoms with Gasteiger partial charge in [0.25, 0.3) is 0 Å². The Kier molecular flexibility index (Phi) is 7.04. The number of thiazole rings is 1. The molecular formula is C27H35N4O3S. The second kappa shape index (κ2) is 9.72. The number of benzene rings is 1. The van der Waals surface area contributed by atoms with Crippen molar-refractivity contribution < 1.29 is 14.4 Å². The molecule has 1 radical (unpaired) electrons. The van der Waals surface area contributed by atoms with Gasteiger partial charge in [0, 0.05) is 18.5 Å². The van der Waals surface area contributed by atoms with Crippen molar-refractivity contribution >= 4 is 29.1 Å². The zero-order valence-electron chi connectivity index (χ0n) is 21.2. The first-order valence-electron chi connectivity index (χ1n) is 12.2. The van der Waals surface area contributed by atoms with E-state index in [1.807, 2.05) is 70.8 Å². The van der Waals surface area contributed by atoms with Gasteiger partial charge in [-0.25, -0.2) is 4.98 Å². The highest BCUT2D eigenvalue weighted by Crippen LogP contribution is 2.45. The molecule has 2 aromatic rings. The molecule has 8 heteroatoms. The van der Waals surface area contributed by atoms with Crippen LogP contribution < -0.4 is 10.6 Å². The minimum atomic E-state index is -0.683. The highest BCUT2D eigenvalue weighted by Gasteiger charge is 2.48. The fourth-order valence-corrected chi connectivity index (χ4v) is 5.12. The molecule has 0 spiro atoms. The van der Waals surface area contributed by atoms with E-state index in [9.17, 15) is 14.4 Å². The second-order valence-electron chi connectivity index (χ2n) is 11.0. The van der Waals surface area contributed by atoms with Crippen molar-refractivity contribution in [1.29, 1.82) is 0 Å². The third kappa shape index (κ3) is 5.58. The van der Waals surface area contributed by atoms with Gasteiger partial charge in [-0.3, -0.25) is 14.4 Å². The van der Waals surface area contributed by atoms with Crippen LogP contribution in [0.1, 0.15) is 58.2 Å². The van der Waals surface area contributed by atoms with Gasteiger partial charge in [0.2, 0.25) is 17.7 Å². The van der Waals surface area contributed by atoms with Crippen LogP contribution in [-0.4, -0.2) is 46.2 Å². The number of carbonyl (C=O) groups excluding carboxylic acids is 3. The van der Waals surface area contributed by atoms with Crippen LogP contribution in [0, 0.1) is 24.2 Å². The Balaban J connectivity index is 1.39. The lowest BCUT2D eigenvalue weighted by Gasteiger charge is -2.36. The Labute approximate surface area is 211 Å². The van der Waals surface area contributed by atoms with Crippen LogP contribution in [-0.2, 0) is 20.9 Å².